The second-order valence-corrected chi connectivity index (χ2v) is 11.0. The Hall–Kier alpha value is -4.75. The molecule has 0 aliphatic carbocycles. The molecule has 3 N–H and O–H groups in total. The number of hydrogen-bond acceptors (Lipinski definition) is 8. The Balaban J connectivity index is 1.35. The van der Waals surface area contributed by atoms with Crippen molar-refractivity contribution in [1.82, 2.24) is 5.32 Å². The molecule has 0 radical (unpaired) electrons. The number of rotatable bonds is 13. The summed E-state index contributed by atoms with van der Waals surface area (Å²) in [5.74, 6) is 1.20. The van der Waals surface area contributed by atoms with Crippen LogP contribution in [0.15, 0.2) is 72.8 Å². The van der Waals surface area contributed by atoms with Gasteiger partial charge in [0.1, 0.15) is 42.9 Å². The van der Waals surface area contributed by atoms with Crippen LogP contribution in [0.4, 0.5) is 0 Å². The van der Waals surface area contributed by atoms with E-state index >= 15 is 0 Å². The van der Waals surface area contributed by atoms with Gasteiger partial charge in [-0.05, 0) is 65.1 Å². The Morgan fingerprint density at radius 2 is 1.80 bits per heavy atom. The summed E-state index contributed by atoms with van der Waals surface area (Å²) in [6.07, 6.45) is -1.41. The number of nitrogens with one attached hydrogen (secondary N) is 1. The molecule has 1 heterocycles. The highest BCUT2D eigenvalue weighted by molar-refractivity contribution is 6.33. The SMILES string of the molecule is Cc1c(COc2ccc(CNC[C@@H](O)CC(=O)O)c(OCc3cccc(C#N)c3)c2Cl)cccc1-c1ccc2c(c1)OCCO2. The lowest BCUT2D eigenvalue weighted by Gasteiger charge is -2.20. The number of carboxylic acid groups (broad SMARTS) is 1. The molecule has 0 unspecified atom stereocenters. The smallest absolute Gasteiger partial charge is 0.306 e. The van der Waals surface area contributed by atoms with Gasteiger partial charge in [0, 0.05) is 18.7 Å². The third-order valence-electron chi connectivity index (χ3n) is 7.37. The molecule has 4 aromatic carbocycles. The van der Waals surface area contributed by atoms with Gasteiger partial charge in [-0.1, -0.05) is 54.1 Å². The van der Waals surface area contributed by atoms with Crippen molar-refractivity contribution in [1.29, 1.82) is 5.26 Å². The lowest BCUT2D eigenvalue weighted by molar-refractivity contribution is -0.139. The highest BCUT2D eigenvalue weighted by Gasteiger charge is 2.18. The standard InChI is InChI=1S/C35H33ClN2O7/c1-22-27(6-3-7-29(22)25-8-10-30-32(15-25)43-13-12-42-30)21-44-31-11-9-26(18-38-19-28(39)16-33(40)41)35(34(31)36)45-20-24-5-2-4-23(14-24)17-37/h2-11,14-15,28,38-39H,12-13,16,18-21H2,1H3,(H,40,41)/t28-/m0/s1. The quantitative estimate of drug-likeness (QED) is 0.162. The fourth-order valence-corrected chi connectivity index (χ4v) is 5.33. The molecule has 1 atom stereocenters. The maximum atomic E-state index is 10.9. The van der Waals surface area contributed by atoms with Gasteiger partial charge in [0.25, 0.3) is 0 Å². The van der Waals surface area contributed by atoms with E-state index in [9.17, 15) is 15.2 Å². The summed E-state index contributed by atoms with van der Waals surface area (Å²) in [5.41, 5.74) is 6.10. The Kier molecular flexibility index (Phi) is 10.4. The van der Waals surface area contributed by atoms with Crippen molar-refractivity contribution in [2.24, 2.45) is 0 Å². The van der Waals surface area contributed by atoms with Gasteiger partial charge >= 0.3 is 5.97 Å². The summed E-state index contributed by atoms with van der Waals surface area (Å²) in [6.45, 7) is 3.85. The Labute approximate surface area is 266 Å². The van der Waals surface area contributed by atoms with Gasteiger partial charge in [0.2, 0.25) is 0 Å². The van der Waals surface area contributed by atoms with E-state index in [1.165, 1.54) is 0 Å². The monoisotopic (exact) mass is 628 g/mol. The summed E-state index contributed by atoms with van der Waals surface area (Å²) in [7, 11) is 0. The van der Waals surface area contributed by atoms with Crippen LogP contribution in [0.3, 0.4) is 0 Å². The van der Waals surface area contributed by atoms with E-state index in [2.05, 4.69) is 17.5 Å². The van der Waals surface area contributed by atoms with E-state index in [-0.39, 0.29) is 37.7 Å². The highest BCUT2D eigenvalue weighted by atomic mass is 35.5. The van der Waals surface area contributed by atoms with Gasteiger partial charge in [-0.25, -0.2) is 0 Å². The Morgan fingerprint density at radius 1 is 1.00 bits per heavy atom. The molecule has 1 aliphatic rings. The van der Waals surface area contributed by atoms with Crippen LogP contribution in [0.1, 0.15) is 34.2 Å². The highest BCUT2D eigenvalue weighted by Crippen LogP contribution is 2.39. The van der Waals surface area contributed by atoms with E-state index in [1.807, 2.05) is 49.4 Å². The number of aliphatic hydroxyl groups is 1. The summed E-state index contributed by atoms with van der Waals surface area (Å²) in [4.78, 5) is 10.9. The lowest BCUT2D eigenvalue weighted by atomic mass is 9.96. The van der Waals surface area contributed by atoms with E-state index in [0.29, 0.717) is 35.8 Å². The summed E-state index contributed by atoms with van der Waals surface area (Å²) in [5, 5.41) is 31.5. The first-order valence-electron chi connectivity index (χ1n) is 14.5. The minimum Gasteiger partial charge on any atom is -0.487 e. The van der Waals surface area contributed by atoms with E-state index in [0.717, 1.165) is 39.3 Å². The zero-order valence-electron chi connectivity index (χ0n) is 24.7. The van der Waals surface area contributed by atoms with Gasteiger partial charge in [-0.15, -0.1) is 0 Å². The molecule has 9 nitrogen and oxygen atoms in total. The molecule has 4 aromatic rings. The predicted molar refractivity (Wildman–Crippen MR) is 169 cm³/mol. The van der Waals surface area contributed by atoms with Crippen LogP contribution in [-0.2, 0) is 24.6 Å². The molecule has 0 amide bonds. The Bertz CT molecular complexity index is 1720. The van der Waals surface area contributed by atoms with Crippen LogP contribution in [0, 0.1) is 18.3 Å². The largest absolute Gasteiger partial charge is 0.487 e. The first-order valence-corrected chi connectivity index (χ1v) is 14.8. The maximum Gasteiger partial charge on any atom is 0.306 e. The predicted octanol–water partition coefficient (Wildman–Crippen LogP) is 6.04. The number of carboxylic acids is 1. The average molecular weight is 629 g/mol. The number of halogens is 1. The number of aliphatic hydroxyl groups excluding tert-OH is 1. The minimum absolute atomic E-state index is 0.0742. The molecule has 45 heavy (non-hydrogen) atoms. The van der Waals surface area contributed by atoms with Crippen molar-refractivity contribution < 1.29 is 34.0 Å². The fourth-order valence-electron chi connectivity index (χ4n) is 5.04. The van der Waals surface area contributed by atoms with Gasteiger partial charge < -0.3 is 34.5 Å². The average Bonchev–Trinajstić information content (AvgIpc) is 3.04. The molecule has 0 saturated carbocycles. The molecule has 0 aromatic heterocycles. The van der Waals surface area contributed by atoms with Gasteiger partial charge in [-0.3, -0.25) is 4.79 Å². The lowest BCUT2D eigenvalue weighted by Crippen LogP contribution is -2.28. The molecular weight excluding hydrogens is 596 g/mol. The van der Waals surface area contributed by atoms with Gasteiger partial charge in [-0.2, -0.15) is 5.26 Å². The van der Waals surface area contributed by atoms with Crippen LogP contribution < -0.4 is 24.3 Å². The zero-order chi connectivity index (χ0) is 31.8. The molecule has 0 fully saturated rings. The molecule has 232 valence electrons. The number of aliphatic carboxylic acids is 1. The normalized spacial score (nSPS) is 12.7. The van der Waals surface area contributed by atoms with Crippen LogP contribution >= 0.6 is 11.6 Å². The van der Waals surface area contributed by atoms with E-state index < -0.39 is 12.1 Å². The second kappa shape index (κ2) is 14.8. The number of hydrogen-bond donors (Lipinski definition) is 3. The number of fused-ring (bicyclic) bond motifs is 1. The van der Waals surface area contributed by atoms with E-state index in [1.54, 1.807) is 24.3 Å². The number of carbonyl (C=O) groups is 1. The first kappa shape index (κ1) is 31.7. The fraction of sp³-hybridized carbons (Fsp3) is 0.257. The molecule has 0 spiro atoms. The molecule has 1 aliphatic heterocycles. The van der Waals surface area contributed by atoms with Crippen molar-refractivity contribution in [2.45, 2.75) is 39.2 Å². The third kappa shape index (κ3) is 8.05. The first-order chi connectivity index (χ1) is 21.8. The molecular formula is C35H33ClN2O7. The van der Waals surface area contributed by atoms with Crippen LogP contribution in [-0.4, -0.2) is 42.0 Å². The zero-order valence-corrected chi connectivity index (χ0v) is 25.5. The number of ether oxygens (including phenoxy) is 4. The van der Waals surface area contributed by atoms with Crippen LogP contribution in [0.2, 0.25) is 5.02 Å². The Morgan fingerprint density at radius 3 is 2.60 bits per heavy atom. The molecule has 0 saturated heterocycles. The van der Waals surface area contributed by atoms with Gasteiger partial charge in [0.15, 0.2) is 11.5 Å². The second-order valence-electron chi connectivity index (χ2n) is 10.6. The summed E-state index contributed by atoms with van der Waals surface area (Å²) in [6, 6.07) is 24.8. The minimum atomic E-state index is -1.08. The summed E-state index contributed by atoms with van der Waals surface area (Å²) >= 11 is 6.87. The number of nitrogens with zero attached hydrogens (tertiary/aromatic N) is 1. The molecule has 0 bridgehead atoms. The van der Waals surface area contributed by atoms with Crippen LogP contribution in [0.5, 0.6) is 23.0 Å². The number of nitriles is 1. The number of benzene rings is 4. The summed E-state index contributed by atoms with van der Waals surface area (Å²) < 4.78 is 23.8. The van der Waals surface area contributed by atoms with Crippen molar-refractivity contribution in [3.8, 4) is 40.2 Å². The topological polar surface area (TPSA) is 130 Å². The third-order valence-corrected chi connectivity index (χ3v) is 7.73. The van der Waals surface area contributed by atoms with Crippen molar-refractivity contribution in [2.75, 3.05) is 19.8 Å². The molecule has 5 rings (SSSR count). The van der Waals surface area contributed by atoms with Crippen molar-refractivity contribution in [3.63, 3.8) is 0 Å². The van der Waals surface area contributed by atoms with Crippen molar-refractivity contribution in [3.05, 3.63) is 106 Å². The van der Waals surface area contributed by atoms with Gasteiger partial charge in [0.05, 0.1) is 24.2 Å². The molecule has 10 heteroatoms. The van der Waals surface area contributed by atoms with E-state index in [4.69, 9.17) is 35.7 Å². The maximum absolute atomic E-state index is 10.9. The van der Waals surface area contributed by atoms with Crippen LogP contribution in [0.25, 0.3) is 11.1 Å². The van der Waals surface area contributed by atoms with Crippen molar-refractivity contribution >= 4 is 17.6 Å².